The lowest BCUT2D eigenvalue weighted by Crippen LogP contribution is -2.23. The molecule has 10 aromatic rings. The second-order valence-electron chi connectivity index (χ2n) is 18.4. The molecule has 10 heteroatoms. The smallest absolute Gasteiger partial charge is 0.258 e. The number of benzene rings is 8. The first kappa shape index (κ1) is 47.8. The lowest BCUT2D eigenvalue weighted by Gasteiger charge is -2.23. The van der Waals surface area contributed by atoms with Crippen molar-refractivity contribution < 1.29 is 28.2 Å². The molecule has 0 unspecified atom stereocenters. The Labute approximate surface area is 432 Å². The molecule has 2 aliphatic rings. The van der Waals surface area contributed by atoms with Crippen LogP contribution in [0.15, 0.2) is 207 Å². The van der Waals surface area contributed by atoms with Gasteiger partial charge < -0.3 is 19.6 Å². The molecule has 0 spiro atoms. The number of carbonyl (C=O) groups is 2. The van der Waals surface area contributed by atoms with Crippen molar-refractivity contribution in [1.29, 1.82) is 0 Å². The number of hydrogen-bond acceptors (Lipinski definition) is 6. The van der Waals surface area contributed by atoms with E-state index in [1.165, 1.54) is 24.3 Å². The molecular weight excluding hydrogens is 939 g/mol. The zero-order valence-electron chi connectivity index (χ0n) is 40.6. The van der Waals surface area contributed by atoms with Crippen LogP contribution in [-0.4, -0.2) is 36.7 Å². The van der Waals surface area contributed by atoms with E-state index in [2.05, 4.69) is 17.1 Å². The van der Waals surface area contributed by atoms with Crippen molar-refractivity contribution in [1.82, 2.24) is 19.8 Å². The monoisotopic (exact) mass is 986 g/mol. The van der Waals surface area contributed by atoms with Gasteiger partial charge >= 0.3 is 0 Å². The Bertz CT molecular complexity index is 3720. The summed E-state index contributed by atoms with van der Waals surface area (Å²) in [4.78, 5) is 40.1. The van der Waals surface area contributed by atoms with Crippen LogP contribution in [0.5, 0.6) is 11.5 Å². The van der Waals surface area contributed by atoms with Crippen LogP contribution >= 0.6 is 0 Å². The van der Waals surface area contributed by atoms with Gasteiger partial charge in [0.2, 0.25) is 0 Å². The van der Waals surface area contributed by atoms with E-state index < -0.39 is 6.10 Å². The molecule has 0 atom stereocenters. The molecule has 0 aliphatic carbocycles. The number of nitrogens with zero attached hydrogens (tertiary/aromatic N) is 4. The van der Waals surface area contributed by atoms with E-state index in [0.29, 0.717) is 54.1 Å². The first-order valence-corrected chi connectivity index (χ1v) is 24.6. The van der Waals surface area contributed by atoms with Crippen molar-refractivity contribution in [3.63, 3.8) is 0 Å². The average molecular weight is 987 g/mol. The van der Waals surface area contributed by atoms with Gasteiger partial charge in [-0.15, -0.1) is 0 Å². The van der Waals surface area contributed by atoms with Gasteiger partial charge in [-0.3, -0.25) is 19.6 Å². The summed E-state index contributed by atoms with van der Waals surface area (Å²) in [7, 11) is 0. The SMILES string of the molecule is O=C1c2c(c(/C=C/c3ccccc3)c3cccnc3c2O)CN1Cc1ccc(F)cc1.O=C1c2c(c(/C=C/c3ccccc3)c3cccnc3c2OC(c2ccccc2)c2ccccc2)CN1Cc1ccc(F)cc1. The summed E-state index contributed by atoms with van der Waals surface area (Å²) < 4.78 is 33.9. The van der Waals surface area contributed by atoms with Crippen LogP contribution < -0.4 is 4.74 Å². The van der Waals surface area contributed by atoms with Gasteiger partial charge in [0.05, 0.1) is 11.1 Å². The Hall–Kier alpha value is -9.54. The number of phenolic OH excluding ortho intramolecular Hbond substituents is 1. The third-order valence-corrected chi connectivity index (χ3v) is 13.6. The van der Waals surface area contributed by atoms with E-state index in [1.54, 1.807) is 46.5 Å². The minimum absolute atomic E-state index is 0.0888. The normalized spacial score (nSPS) is 13.0. The molecule has 0 fully saturated rings. The van der Waals surface area contributed by atoms with Crippen molar-refractivity contribution in [2.24, 2.45) is 0 Å². The highest BCUT2D eigenvalue weighted by molar-refractivity contribution is 6.11. The lowest BCUT2D eigenvalue weighted by atomic mass is 9.95. The second kappa shape index (κ2) is 21.3. The van der Waals surface area contributed by atoms with Crippen LogP contribution in [0.1, 0.15) is 82.5 Å². The van der Waals surface area contributed by atoms with Gasteiger partial charge in [-0.05, 0) is 92.0 Å². The summed E-state index contributed by atoms with van der Waals surface area (Å²) in [6, 6.07) is 60.1. The topological polar surface area (TPSA) is 95.9 Å². The van der Waals surface area contributed by atoms with Gasteiger partial charge in [0.25, 0.3) is 11.8 Å². The van der Waals surface area contributed by atoms with Crippen LogP contribution in [0.4, 0.5) is 8.78 Å². The first-order valence-electron chi connectivity index (χ1n) is 24.6. The van der Waals surface area contributed by atoms with Crippen LogP contribution in [0, 0.1) is 11.6 Å². The van der Waals surface area contributed by atoms with Crippen molar-refractivity contribution in [3.8, 4) is 11.5 Å². The molecule has 366 valence electrons. The van der Waals surface area contributed by atoms with E-state index in [4.69, 9.17) is 9.72 Å². The molecule has 0 saturated carbocycles. The zero-order chi connectivity index (χ0) is 51.3. The molecule has 2 aromatic heterocycles. The molecular formula is C65H48F2N4O4. The van der Waals surface area contributed by atoms with E-state index >= 15 is 0 Å². The van der Waals surface area contributed by atoms with E-state index in [9.17, 15) is 23.5 Å². The summed E-state index contributed by atoms with van der Waals surface area (Å²) in [6.07, 6.45) is 11.0. The molecule has 0 saturated heterocycles. The van der Waals surface area contributed by atoms with E-state index in [1.807, 2.05) is 158 Å². The van der Waals surface area contributed by atoms with Crippen molar-refractivity contribution in [3.05, 3.63) is 285 Å². The van der Waals surface area contributed by atoms with Gasteiger partial charge in [0.15, 0.2) is 11.5 Å². The second-order valence-corrected chi connectivity index (χ2v) is 18.4. The number of rotatable bonds is 12. The number of fused-ring (bicyclic) bond motifs is 4. The lowest BCUT2D eigenvalue weighted by molar-refractivity contribution is 0.0756. The van der Waals surface area contributed by atoms with Gasteiger partial charge in [-0.1, -0.05) is 182 Å². The Balaban J connectivity index is 0.000000171. The van der Waals surface area contributed by atoms with E-state index in [-0.39, 0.29) is 29.2 Å². The number of carbonyl (C=O) groups excluding carboxylic acids is 2. The molecule has 12 rings (SSSR count). The van der Waals surface area contributed by atoms with Gasteiger partial charge in [0, 0.05) is 49.3 Å². The number of pyridine rings is 2. The first-order chi connectivity index (χ1) is 36.8. The number of ether oxygens (including phenoxy) is 1. The molecule has 0 bridgehead atoms. The summed E-state index contributed by atoms with van der Waals surface area (Å²) in [5, 5.41) is 12.6. The highest BCUT2D eigenvalue weighted by Gasteiger charge is 2.37. The maximum absolute atomic E-state index is 14.3. The largest absolute Gasteiger partial charge is 0.505 e. The minimum atomic E-state index is -0.462. The predicted octanol–water partition coefficient (Wildman–Crippen LogP) is 14.3. The number of aromatic hydroxyl groups is 1. The molecule has 0 radical (unpaired) electrons. The van der Waals surface area contributed by atoms with Gasteiger partial charge in [-0.25, -0.2) is 8.78 Å². The quantitative estimate of drug-likeness (QED) is 0.123. The molecule has 1 N–H and O–H groups in total. The van der Waals surface area contributed by atoms with Crippen LogP contribution in [0.25, 0.3) is 46.1 Å². The zero-order valence-corrected chi connectivity index (χ0v) is 40.6. The van der Waals surface area contributed by atoms with Crippen LogP contribution in [-0.2, 0) is 26.2 Å². The van der Waals surface area contributed by atoms with Crippen molar-refractivity contribution in [2.45, 2.75) is 32.3 Å². The fraction of sp³-hybridized carbons (Fsp3) is 0.0769. The summed E-state index contributed by atoms with van der Waals surface area (Å²) in [5.74, 6) is -0.632. The highest BCUT2D eigenvalue weighted by atomic mass is 19.1. The number of hydrogen-bond donors (Lipinski definition) is 1. The van der Waals surface area contributed by atoms with Crippen molar-refractivity contribution >= 4 is 57.9 Å². The standard InChI is InChI=1S/C39H29FN2O2.C26H19FN2O2/c40-31-21-18-28(19-22-31)25-42-26-34-32(23-20-27-11-4-1-5-12-27)33-17-10-24-41-36(33)38(35(34)39(42)43)44-37(29-13-6-2-7-14-29)30-15-8-3-9-16-30;27-19-11-8-18(9-12-19)15-29-16-22-20(13-10-17-5-2-1-3-6-17)21-7-4-14-28-24(21)25(30)23(22)26(29)31/h1-24,37H,25-26H2;1-14,30H,15-16H2/b23-20+;13-10+. The van der Waals surface area contributed by atoms with Gasteiger partial charge in [0.1, 0.15) is 28.8 Å². The summed E-state index contributed by atoms with van der Waals surface area (Å²) >= 11 is 0. The third-order valence-electron chi connectivity index (χ3n) is 13.6. The Morgan fingerprint density at radius 3 is 1.39 bits per heavy atom. The summed E-state index contributed by atoms with van der Waals surface area (Å²) in [6.45, 7) is 1.43. The Morgan fingerprint density at radius 2 is 0.907 bits per heavy atom. The molecule has 4 heterocycles. The number of halogens is 2. The van der Waals surface area contributed by atoms with E-state index in [0.717, 1.165) is 66.4 Å². The minimum Gasteiger partial charge on any atom is -0.505 e. The van der Waals surface area contributed by atoms with Crippen LogP contribution in [0.2, 0.25) is 0 Å². The number of phenols is 1. The predicted molar refractivity (Wildman–Crippen MR) is 291 cm³/mol. The highest BCUT2D eigenvalue weighted by Crippen LogP contribution is 2.45. The fourth-order valence-corrected chi connectivity index (χ4v) is 9.91. The average Bonchev–Trinajstić information content (AvgIpc) is 3.97. The fourth-order valence-electron chi connectivity index (χ4n) is 9.91. The van der Waals surface area contributed by atoms with Gasteiger partial charge in [-0.2, -0.15) is 0 Å². The molecule has 2 amide bonds. The number of amides is 2. The Kier molecular flexibility index (Phi) is 13.6. The molecule has 75 heavy (non-hydrogen) atoms. The number of aromatic nitrogens is 2. The molecule has 2 aliphatic heterocycles. The van der Waals surface area contributed by atoms with Crippen LogP contribution in [0.3, 0.4) is 0 Å². The van der Waals surface area contributed by atoms with Crippen molar-refractivity contribution in [2.75, 3.05) is 0 Å². The maximum Gasteiger partial charge on any atom is 0.258 e. The third kappa shape index (κ3) is 10.0. The maximum atomic E-state index is 14.3. The molecule has 8 aromatic carbocycles. The Morgan fingerprint density at radius 1 is 0.493 bits per heavy atom. The molecule has 8 nitrogen and oxygen atoms in total. The summed E-state index contributed by atoms with van der Waals surface area (Å²) in [5.41, 5.74) is 11.0.